The van der Waals surface area contributed by atoms with Crippen LogP contribution in [0.5, 0.6) is 17.2 Å². The van der Waals surface area contributed by atoms with Crippen molar-refractivity contribution in [3.63, 3.8) is 0 Å². The number of ketones is 1. The van der Waals surface area contributed by atoms with E-state index < -0.39 is 252 Å². The number of rotatable bonds is 44. The number of nitrogens with one attached hydrogen (secondary N) is 8. The van der Waals surface area contributed by atoms with Gasteiger partial charge < -0.3 is 149 Å². The maximum atomic E-state index is 14.7. The Morgan fingerprint density at radius 3 is 2.14 bits per heavy atom. The topological polar surface area (TPSA) is 634 Å². The highest BCUT2D eigenvalue weighted by Gasteiger charge is 2.59. The number of nitrogens with two attached hydrogens (primary N) is 1. The van der Waals surface area contributed by atoms with Gasteiger partial charge in [-0.25, -0.2) is 9.59 Å². The Morgan fingerprint density at radius 1 is 0.794 bits per heavy atom. The van der Waals surface area contributed by atoms with Crippen LogP contribution < -0.4 is 62.6 Å². The van der Waals surface area contributed by atoms with E-state index in [2.05, 4.69) is 66.4 Å². The lowest BCUT2D eigenvalue weighted by Crippen LogP contribution is -2.65. The quantitative estimate of drug-likeness (QED) is 0.0105. The van der Waals surface area contributed by atoms with Crippen LogP contribution in [-0.4, -0.2) is 353 Å². The molecule has 0 radical (unpaired) electrons. The number of carbonyl (C=O) groups excluding carboxylic acids is 12. The summed E-state index contributed by atoms with van der Waals surface area (Å²) in [6.07, 6.45) is -19.3. The molecule has 141 heavy (non-hydrogen) atoms. The first kappa shape index (κ1) is 113. The van der Waals surface area contributed by atoms with E-state index in [-0.39, 0.29) is 136 Å². The number of halogens is 1. The first-order valence-electron chi connectivity index (χ1n) is 45.3. The fourth-order valence-electron chi connectivity index (χ4n) is 16.4. The maximum Gasteiger partial charge on any atom is 0.411 e. The molecule has 6 fully saturated rings. The molecule has 776 valence electrons. The second-order valence-corrected chi connectivity index (χ2v) is 40.0. The number of amides is 10. The average molecular weight is 2150 g/mol. The van der Waals surface area contributed by atoms with Gasteiger partial charge in [-0.2, -0.15) is 5.48 Å². The van der Waals surface area contributed by atoms with Crippen LogP contribution in [0, 0.1) is 40.1 Å². The van der Waals surface area contributed by atoms with Crippen molar-refractivity contribution in [2.45, 2.75) is 264 Å². The number of thioether (sulfide) groups is 1. The second-order valence-electron chi connectivity index (χ2n) is 34.7. The molecule has 0 saturated carbocycles. The van der Waals surface area contributed by atoms with Crippen LogP contribution in [-0.2, 0) is 111 Å². The number of likely N-dealkylation sites (N-methyl/N-ethyl adjacent to an activating group) is 1. The van der Waals surface area contributed by atoms with Gasteiger partial charge in [-0.15, -0.1) is 0 Å². The van der Waals surface area contributed by atoms with Crippen LogP contribution >= 0.6 is 55.9 Å². The van der Waals surface area contributed by atoms with Crippen molar-refractivity contribution in [1.29, 1.82) is 0 Å². The van der Waals surface area contributed by atoms with Crippen LogP contribution in [0.1, 0.15) is 128 Å². The number of hydroxylamine groups is 1. The van der Waals surface area contributed by atoms with Gasteiger partial charge in [0.1, 0.15) is 67.9 Å². The number of ether oxygens (including phenoxy) is 14. The summed E-state index contributed by atoms with van der Waals surface area (Å²) in [6, 6.07) is -0.420. The van der Waals surface area contributed by atoms with Crippen molar-refractivity contribution >= 4 is 138 Å². The highest BCUT2D eigenvalue weighted by molar-refractivity contribution is 14.1. The molecule has 50 heteroatoms. The standard InChI is InChI=1S/C91H122IN11O35S3/c1-14-103(63(112)39-95-88(121)130-41-48-20-22-50(23-21-48)98-82(117)53(33-59(93)108)99-81(116)45(4)97-80(115)44(3)96-60(109)24-25-62(111)102-30-26-49(27-31-102)83(118)119)54-42-129-64(35-58(54)124-9)134-76-71(113)69(101-138-65-34-55(106)79(47(6)131-65)140-84(120)66-43(2)68(92)74(77(127-12)73(66)125-10)135-85-72(114)75(126-11)78-87(136-78)137-85)46(5)132-86(76)133-57-19-17-15-16-18-29-91(123)36-56(107)70(100-89(122)128-13)67(57)52(91)28-32-139-141-90(7,8)37-61(110)94-38-51(105)40-104/h15-16,20-23,28,44-47,49,51,53-55,57-58,64-65,69,71-72,75-76,78-79,85-87,101,104-106,113-114,123H,14,24-27,30-42H2,1-13H3,(H2,93,108)(H,94,110)(H,95,121)(H,96,109)(H,97,115)(H,98,117)(H,99,116)(H,100,122)(H,118,119)/b16-15-,52-28+/t44-,45-,46?,47?,51?,53-,54?,55?,57-,58?,64?,65?,69?,71?,72?,75?,76?,78?,79?,85?,86?,87?,91-/m0/s1. The summed E-state index contributed by atoms with van der Waals surface area (Å²) in [5.74, 6) is 3.53. The lowest BCUT2D eigenvalue weighted by atomic mass is 9.75. The number of primary amides is 1. The number of benzene rings is 2. The Morgan fingerprint density at radius 2 is 1.49 bits per heavy atom. The van der Waals surface area contributed by atoms with Crippen LogP contribution in [0.15, 0.2) is 59.3 Å². The monoisotopic (exact) mass is 2150 g/mol. The molecule has 10 rings (SSSR count). The van der Waals surface area contributed by atoms with Gasteiger partial charge in [0, 0.05) is 99.8 Å². The molecule has 17 N–H and O–H groups in total. The zero-order valence-electron chi connectivity index (χ0n) is 79.7. The molecule has 0 spiro atoms. The first-order valence-corrected chi connectivity index (χ1v) is 49.5. The third-order valence-electron chi connectivity index (χ3n) is 24.0. The summed E-state index contributed by atoms with van der Waals surface area (Å²) in [5.41, 5.74) is 6.31. The number of likely N-dealkylation sites (tertiary alicyclic amines) is 1. The Bertz CT molecular complexity index is 5080. The van der Waals surface area contributed by atoms with Crippen molar-refractivity contribution in [3.05, 3.63) is 79.6 Å². The highest BCUT2D eigenvalue weighted by Crippen LogP contribution is 2.51. The number of fused-ring (bicyclic) bond motifs is 3. The molecule has 6 saturated heterocycles. The average Bonchev–Trinajstić information content (AvgIpc) is 1.71. The number of hydrogen-bond donors (Lipinski definition) is 16. The smallest absolute Gasteiger partial charge is 0.411 e. The fourth-order valence-corrected chi connectivity index (χ4v) is 20.6. The molecule has 8 aliphatic rings. The van der Waals surface area contributed by atoms with Gasteiger partial charge in [0.15, 0.2) is 48.0 Å². The minimum absolute atomic E-state index is 0.00188. The molecule has 6 aliphatic heterocycles. The van der Waals surface area contributed by atoms with E-state index in [9.17, 15) is 98.1 Å². The number of aliphatic carboxylic acids is 1. The van der Waals surface area contributed by atoms with E-state index in [1.165, 1.54) is 117 Å². The normalized spacial score (nSPS) is 27.8. The lowest BCUT2D eigenvalue weighted by Gasteiger charge is -2.47. The molecule has 2 aliphatic carbocycles. The van der Waals surface area contributed by atoms with Crippen molar-refractivity contribution in [3.8, 4) is 40.9 Å². The molecule has 6 heterocycles. The van der Waals surface area contributed by atoms with Gasteiger partial charge in [-0.05, 0) is 126 Å². The summed E-state index contributed by atoms with van der Waals surface area (Å²) in [7, 11) is 9.04. The van der Waals surface area contributed by atoms with E-state index in [1.807, 2.05) is 22.6 Å². The molecule has 18 unspecified atom stereocenters. The molecular weight excluding hydrogens is 2030 g/mol. The van der Waals surface area contributed by atoms with Gasteiger partial charge in [-0.3, -0.25) is 62.9 Å². The SMILES string of the molecule is CCN(C(=O)CNC(=O)OCc1ccc(NC(=O)[C@H](CC(N)=O)NC(=O)[C@H](C)NC(=O)[C@H](C)NC(=O)CCC(=O)N2CCC(C(=O)O)CC2)cc1)C1COC(OC2C(O[C@H]3C#C/C=C\C#C[C@]4(O)CC(=O)C(NC(=O)OC)=C3/C4=C\CSSC(C)(C)CC(=O)NCC(O)CO)OC(C)C(NOC3CC(O)C(SC(=O)c4c(C)c(I)c(OC5OC6OC6C(OC)C5O)c(OC)c4OC)C(C)O3)C2O)CC1OC. The number of carboxylic acids is 1. The number of aliphatic hydroxyl groups is 6. The zero-order valence-corrected chi connectivity index (χ0v) is 84.3. The van der Waals surface area contributed by atoms with Gasteiger partial charge >= 0.3 is 18.2 Å². The van der Waals surface area contributed by atoms with Gasteiger partial charge in [-0.1, -0.05) is 75.2 Å². The van der Waals surface area contributed by atoms with E-state index in [0.29, 0.717) is 14.7 Å². The number of piperidine rings is 1. The molecule has 2 bridgehead atoms. The van der Waals surface area contributed by atoms with E-state index in [4.69, 9.17) is 76.9 Å². The number of nitrogens with zero attached hydrogens (tertiary/aromatic N) is 2. The molecule has 0 aromatic heterocycles. The number of epoxide rings is 1. The third kappa shape index (κ3) is 30.3. The summed E-state index contributed by atoms with van der Waals surface area (Å²) < 4.78 is 83.9. The Balaban J connectivity index is 0.800. The van der Waals surface area contributed by atoms with Crippen LogP contribution in [0.3, 0.4) is 0 Å². The Labute approximate surface area is 838 Å². The van der Waals surface area contributed by atoms with Crippen LogP contribution in [0.25, 0.3) is 0 Å². The fraction of sp³-hybridized carbons (Fsp3) is 0.615. The van der Waals surface area contributed by atoms with Crippen molar-refractivity contribution in [1.82, 2.24) is 47.2 Å². The number of hydrogen-bond acceptors (Lipinski definition) is 38. The zero-order chi connectivity index (χ0) is 103. The van der Waals surface area contributed by atoms with E-state index in [1.54, 1.807) is 40.7 Å². The molecule has 46 nitrogen and oxygen atoms in total. The summed E-state index contributed by atoms with van der Waals surface area (Å²) in [6.45, 7) is 11.2. The first-order chi connectivity index (χ1) is 67.0. The molecule has 2 aromatic carbocycles. The van der Waals surface area contributed by atoms with Crippen molar-refractivity contribution in [2.24, 2.45) is 11.7 Å². The van der Waals surface area contributed by atoms with E-state index >= 15 is 0 Å². The maximum absolute atomic E-state index is 14.7. The molecule has 2 aromatic rings. The number of anilines is 1. The lowest BCUT2D eigenvalue weighted by molar-refractivity contribution is -0.337. The third-order valence-corrected chi connectivity index (χ3v) is 29.9. The predicted molar refractivity (Wildman–Crippen MR) is 508 cm³/mol. The van der Waals surface area contributed by atoms with E-state index in [0.717, 1.165) is 18.9 Å². The minimum atomic E-state index is -2.31. The van der Waals surface area contributed by atoms with Gasteiger partial charge in [0.25, 0.3) is 0 Å². The minimum Gasteiger partial charge on any atom is -0.492 e. The number of methoxy groups -OCH3 is 5. The summed E-state index contributed by atoms with van der Waals surface area (Å²) in [5, 5.41) is 93.2. The molecule has 23 atom stereocenters. The summed E-state index contributed by atoms with van der Waals surface area (Å²) in [4.78, 5) is 181. The number of Topliss-reactive ketones (excluding diaryl/α,β-unsaturated/α-hetero) is 1. The Kier molecular flexibility index (Phi) is 42.0. The number of carboxylic acid groups (broad SMARTS) is 1. The highest BCUT2D eigenvalue weighted by atomic mass is 127. The number of aliphatic hydroxyl groups excluding tert-OH is 5. The number of alkyl carbamates (subject to hydrolysis) is 2. The van der Waals surface area contributed by atoms with Gasteiger partial charge in [0.2, 0.25) is 64.4 Å². The van der Waals surface area contributed by atoms with Crippen LogP contribution in [0.4, 0.5) is 15.3 Å². The largest absolute Gasteiger partial charge is 0.492 e. The Hall–Kier alpha value is -9.61. The second kappa shape index (κ2) is 52.3. The summed E-state index contributed by atoms with van der Waals surface area (Å²) >= 11 is 2.74. The van der Waals surface area contributed by atoms with Crippen molar-refractivity contribution < 1.29 is 169 Å². The van der Waals surface area contributed by atoms with Gasteiger partial charge in [0.05, 0.1) is 116 Å². The number of allylic oxidation sites excluding steroid dienone is 3. The predicted octanol–water partition coefficient (Wildman–Crippen LogP) is 0.109. The van der Waals surface area contributed by atoms with Crippen molar-refractivity contribution in [2.75, 3.05) is 92.6 Å². The molecule has 10 amide bonds. The molecular formula is C91H122IN11O35S3. The number of carbonyl (C=O) groups is 13. The van der Waals surface area contributed by atoms with Crippen LogP contribution in [0.2, 0.25) is 0 Å².